The number of hydrogen-bond donors (Lipinski definition) is 0. The van der Waals surface area contributed by atoms with Gasteiger partial charge in [-0.05, 0) is 51.9 Å². The summed E-state index contributed by atoms with van der Waals surface area (Å²) in [7, 11) is 2.24. The van der Waals surface area contributed by atoms with Gasteiger partial charge in [0.15, 0.2) is 0 Å². The van der Waals surface area contributed by atoms with Gasteiger partial charge in [0.1, 0.15) is 0 Å². The van der Waals surface area contributed by atoms with E-state index in [1.807, 2.05) is 0 Å². The first-order chi connectivity index (χ1) is 5.84. The summed E-state index contributed by atoms with van der Waals surface area (Å²) in [6.45, 7) is 6.74. The Morgan fingerprint density at radius 2 is 1.92 bits per heavy atom. The van der Waals surface area contributed by atoms with Crippen LogP contribution in [0.5, 0.6) is 0 Å². The molecule has 0 bridgehead atoms. The van der Waals surface area contributed by atoms with Gasteiger partial charge in [-0.15, -0.1) is 0 Å². The SMILES string of the molecule is CN1CC[C@H](CN2CCCC2)C1. The maximum absolute atomic E-state index is 2.64. The molecule has 2 fully saturated rings. The van der Waals surface area contributed by atoms with Crippen molar-refractivity contribution in [1.29, 1.82) is 0 Å². The molecule has 0 aromatic carbocycles. The molecule has 1 atom stereocenters. The summed E-state index contributed by atoms with van der Waals surface area (Å²) in [4.78, 5) is 5.10. The van der Waals surface area contributed by atoms with Gasteiger partial charge in [0.05, 0.1) is 0 Å². The van der Waals surface area contributed by atoms with Crippen LogP contribution < -0.4 is 0 Å². The van der Waals surface area contributed by atoms with Crippen molar-refractivity contribution in [2.45, 2.75) is 19.3 Å². The number of hydrogen-bond acceptors (Lipinski definition) is 2. The van der Waals surface area contributed by atoms with Crippen molar-refractivity contribution < 1.29 is 0 Å². The van der Waals surface area contributed by atoms with E-state index >= 15 is 0 Å². The molecule has 0 radical (unpaired) electrons. The quantitative estimate of drug-likeness (QED) is 0.608. The Morgan fingerprint density at radius 3 is 2.50 bits per heavy atom. The Balaban J connectivity index is 1.72. The molecule has 0 N–H and O–H groups in total. The molecule has 0 spiro atoms. The van der Waals surface area contributed by atoms with Crippen LogP contribution in [0.4, 0.5) is 0 Å². The summed E-state index contributed by atoms with van der Waals surface area (Å²) in [5.41, 5.74) is 0. The van der Waals surface area contributed by atoms with E-state index in [9.17, 15) is 0 Å². The maximum Gasteiger partial charge on any atom is 0.00224 e. The van der Waals surface area contributed by atoms with Crippen molar-refractivity contribution in [3.05, 3.63) is 0 Å². The molecular weight excluding hydrogens is 148 g/mol. The van der Waals surface area contributed by atoms with E-state index in [0.717, 1.165) is 5.92 Å². The number of likely N-dealkylation sites (tertiary alicyclic amines) is 2. The fraction of sp³-hybridized carbons (Fsp3) is 1.00. The summed E-state index contributed by atoms with van der Waals surface area (Å²) >= 11 is 0. The predicted molar refractivity (Wildman–Crippen MR) is 51.3 cm³/mol. The standard InChI is InChI=1S/C10H20N2/c1-11-7-4-10(8-11)9-12-5-2-3-6-12/h10H,2-9H2,1H3/t10-/m0/s1. The smallest absolute Gasteiger partial charge is 0.00224 e. The van der Waals surface area contributed by atoms with Gasteiger partial charge in [-0.1, -0.05) is 0 Å². The van der Waals surface area contributed by atoms with Crippen LogP contribution in [0.1, 0.15) is 19.3 Å². The monoisotopic (exact) mass is 168 g/mol. The highest BCUT2D eigenvalue weighted by Gasteiger charge is 2.22. The number of nitrogens with zero attached hydrogens (tertiary/aromatic N) is 2. The van der Waals surface area contributed by atoms with Crippen molar-refractivity contribution in [3.8, 4) is 0 Å². The molecule has 2 aliphatic rings. The molecule has 2 nitrogen and oxygen atoms in total. The lowest BCUT2D eigenvalue weighted by molar-refractivity contribution is 0.275. The van der Waals surface area contributed by atoms with Crippen LogP contribution in [0.2, 0.25) is 0 Å². The summed E-state index contributed by atoms with van der Waals surface area (Å²) in [5.74, 6) is 0.966. The molecule has 12 heavy (non-hydrogen) atoms. The van der Waals surface area contributed by atoms with Crippen LogP contribution in [0.3, 0.4) is 0 Å². The molecule has 0 aliphatic carbocycles. The Hall–Kier alpha value is -0.0800. The Labute approximate surface area is 75.5 Å². The fourth-order valence-corrected chi connectivity index (χ4v) is 2.51. The predicted octanol–water partition coefficient (Wildman–Crippen LogP) is 1.03. The Bertz CT molecular complexity index is 141. The zero-order valence-corrected chi connectivity index (χ0v) is 8.13. The van der Waals surface area contributed by atoms with E-state index in [4.69, 9.17) is 0 Å². The number of rotatable bonds is 2. The van der Waals surface area contributed by atoms with Gasteiger partial charge in [-0.3, -0.25) is 0 Å². The normalized spacial score (nSPS) is 33.2. The summed E-state index contributed by atoms with van der Waals surface area (Å²) in [5, 5.41) is 0. The van der Waals surface area contributed by atoms with Gasteiger partial charge >= 0.3 is 0 Å². The van der Waals surface area contributed by atoms with Crippen LogP contribution in [0.25, 0.3) is 0 Å². The Morgan fingerprint density at radius 1 is 1.17 bits per heavy atom. The van der Waals surface area contributed by atoms with Crippen molar-refractivity contribution in [1.82, 2.24) is 9.80 Å². The lowest BCUT2D eigenvalue weighted by atomic mass is 10.1. The van der Waals surface area contributed by atoms with Gasteiger partial charge in [-0.2, -0.15) is 0 Å². The highest BCUT2D eigenvalue weighted by molar-refractivity contribution is 4.77. The minimum absolute atomic E-state index is 0.966. The first-order valence-electron chi connectivity index (χ1n) is 5.25. The van der Waals surface area contributed by atoms with Gasteiger partial charge in [-0.25, -0.2) is 0 Å². The molecule has 2 heteroatoms. The topological polar surface area (TPSA) is 6.48 Å². The molecule has 0 aromatic heterocycles. The fourth-order valence-electron chi connectivity index (χ4n) is 2.51. The van der Waals surface area contributed by atoms with E-state index in [1.54, 1.807) is 0 Å². The average Bonchev–Trinajstić information content (AvgIpc) is 2.63. The summed E-state index contributed by atoms with van der Waals surface area (Å²) < 4.78 is 0. The lowest BCUT2D eigenvalue weighted by Gasteiger charge is -2.19. The Kier molecular flexibility index (Phi) is 2.66. The lowest BCUT2D eigenvalue weighted by Crippen LogP contribution is -2.28. The highest BCUT2D eigenvalue weighted by Crippen LogP contribution is 2.18. The molecule has 0 aromatic rings. The molecular formula is C10H20N2. The maximum atomic E-state index is 2.64. The highest BCUT2D eigenvalue weighted by atomic mass is 15.2. The minimum Gasteiger partial charge on any atom is -0.306 e. The van der Waals surface area contributed by atoms with E-state index < -0.39 is 0 Å². The van der Waals surface area contributed by atoms with Crippen molar-refractivity contribution >= 4 is 0 Å². The first-order valence-corrected chi connectivity index (χ1v) is 5.25. The van der Waals surface area contributed by atoms with Crippen molar-refractivity contribution in [2.75, 3.05) is 39.8 Å². The van der Waals surface area contributed by atoms with Crippen LogP contribution >= 0.6 is 0 Å². The molecule has 2 heterocycles. The molecule has 2 saturated heterocycles. The second-order valence-corrected chi connectivity index (χ2v) is 4.42. The summed E-state index contributed by atoms with van der Waals surface area (Å²) in [6, 6.07) is 0. The second-order valence-electron chi connectivity index (χ2n) is 4.42. The third kappa shape index (κ3) is 1.99. The zero-order valence-electron chi connectivity index (χ0n) is 8.13. The first kappa shape index (κ1) is 8.52. The van der Waals surface area contributed by atoms with E-state index in [1.165, 1.54) is 52.0 Å². The van der Waals surface area contributed by atoms with Gasteiger partial charge in [0.2, 0.25) is 0 Å². The third-order valence-corrected chi connectivity index (χ3v) is 3.20. The average molecular weight is 168 g/mol. The van der Waals surface area contributed by atoms with E-state index in [2.05, 4.69) is 16.8 Å². The van der Waals surface area contributed by atoms with Crippen LogP contribution in [0.15, 0.2) is 0 Å². The van der Waals surface area contributed by atoms with Gasteiger partial charge < -0.3 is 9.80 Å². The van der Waals surface area contributed by atoms with Gasteiger partial charge in [0.25, 0.3) is 0 Å². The largest absolute Gasteiger partial charge is 0.306 e. The molecule has 0 unspecified atom stereocenters. The summed E-state index contributed by atoms with van der Waals surface area (Å²) in [6.07, 6.45) is 4.29. The van der Waals surface area contributed by atoms with Crippen LogP contribution in [0, 0.1) is 5.92 Å². The molecule has 0 saturated carbocycles. The van der Waals surface area contributed by atoms with Crippen LogP contribution in [-0.4, -0.2) is 49.6 Å². The zero-order chi connectivity index (χ0) is 8.39. The molecule has 70 valence electrons. The van der Waals surface area contributed by atoms with Crippen molar-refractivity contribution in [3.63, 3.8) is 0 Å². The van der Waals surface area contributed by atoms with Crippen molar-refractivity contribution in [2.24, 2.45) is 5.92 Å². The molecule has 2 rings (SSSR count). The molecule has 0 amide bonds. The van der Waals surface area contributed by atoms with Crippen LogP contribution in [-0.2, 0) is 0 Å². The van der Waals surface area contributed by atoms with E-state index in [0.29, 0.717) is 0 Å². The van der Waals surface area contributed by atoms with E-state index in [-0.39, 0.29) is 0 Å². The molecule has 2 aliphatic heterocycles. The third-order valence-electron chi connectivity index (χ3n) is 3.20. The second kappa shape index (κ2) is 3.75. The van der Waals surface area contributed by atoms with Gasteiger partial charge in [0, 0.05) is 13.1 Å². The minimum atomic E-state index is 0.966.